The lowest BCUT2D eigenvalue weighted by molar-refractivity contribution is 0.515. The molecule has 0 radical (unpaired) electrons. The highest BCUT2D eigenvalue weighted by molar-refractivity contribution is 5.79. The van der Waals surface area contributed by atoms with E-state index in [1.54, 1.807) is 4.57 Å². The molecule has 2 heterocycles. The lowest BCUT2D eigenvalue weighted by atomic mass is 10.2. The lowest BCUT2D eigenvalue weighted by Gasteiger charge is -2.13. The van der Waals surface area contributed by atoms with E-state index < -0.39 is 5.56 Å². The summed E-state index contributed by atoms with van der Waals surface area (Å²) in [5.41, 5.74) is -1.15. The summed E-state index contributed by atoms with van der Waals surface area (Å²) in [5, 5.41) is 2.83. The van der Waals surface area contributed by atoms with Crippen LogP contribution in [0.25, 0.3) is 10.8 Å². The van der Waals surface area contributed by atoms with E-state index in [1.165, 1.54) is 19.3 Å². The number of aromatic nitrogens is 3. The van der Waals surface area contributed by atoms with Gasteiger partial charge in [-0.1, -0.05) is 0 Å². The van der Waals surface area contributed by atoms with Crippen LogP contribution in [0.15, 0.2) is 26.6 Å². The molecule has 1 aliphatic carbocycles. The predicted molar refractivity (Wildman–Crippen MR) is 67.0 cm³/mol. The molecule has 3 rings (SSSR count). The summed E-state index contributed by atoms with van der Waals surface area (Å²) in [7, 11) is 1.48. The number of hydrogen-bond donors (Lipinski definition) is 1. The molecule has 6 heteroatoms. The van der Waals surface area contributed by atoms with Crippen molar-refractivity contribution in [2.45, 2.75) is 25.3 Å². The van der Waals surface area contributed by atoms with Gasteiger partial charge in [-0.3, -0.25) is 24.2 Å². The van der Waals surface area contributed by atoms with Gasteiger partial charge in [0.15, 0.2) is 0 Å². The highest BCUT2D eigenvalue weighted by Gasteiger charge is 2.40. The van der Waals surface area contributed by atoms with Crippen molar-refractivity contribution in [3.8, 4) is 0 Å². The van der Waals surface area contributed by atoms with Crippen molar-refractivity contribution in [2.75, 3.05) is 0 Å². The SMILES string of the molecule is Cn1[nH]c(=O)c2cc(=O)n(C3(C)CC3)cc2c1=O. The van der Waals surface area contributed by atoms with Crippen LogP contribution in [-0.2, 0) is 12.6 Å². The standard InChI is InChI=1S/C12H13N3O3/c1-12(3-4-12)15-6-8-7(5-9(15)16)10(17)13-14(2)11(8)18/h5-6H,3-4H2,1-2H3,(H,13,17). The molecule has 0 aliphatic heterocycles. The first-order valence-electron chi connectivity index (χ1n) is 5.79. The average molecular weight is 247 g/mol. The van der Waals surface area contributed by atoms with Crippen LogP contribution in [0, 0.1) is 0 Å². The van der Waals surface area contributed by atoms with E-state index in [0.717, 1.165) is 17.5 Å². The minimum absolute atomic E-state index is 0.156. The van der Waals surface area contributed by atoms with E-state index in [0.29, 0.717) is 0 Å². The molecule has 0 saturated heterocycles. The second-order valence-corrected chi connectivity index (χ2v) is 5.11. The van der Waals surface area contributed by atoms with Crippen molar-refractivity contribution >= 4 is 10.8 Å². The zero-order valence-electron chi connectivity index (χ0n) is 10.2. The second-order valence-electron chi connectivity index (χ2n) is 5.11. The third-order valence-corrected chi connectivity index (χ3v) is 3.66. The number of hydrogen-bond acceptors (Lipinski definition) is 3. The Morgan fingerprint density at radius 3 is 2.50 bits per heavy atom. The van der Waals surface area contributed by atoms with Crippen molar-refractivity contribution in [3.05, 3.63) is 43.3 Å². The topological polar surface area (TPSA) is 76.9 Å². The normalized spacial score (nSPS) is 17.0. The van der Waals surface area contributed by atoms with Crippen LogP contribution in [0.5, 0.6) is 0 Å². The van der Waals surface area contributed by atoms with E-state index in [-0.39, 0.29) is 27.4 Å². The van der Waals surface area contributed by atoms with Crippen LogP contribution in [0.3, 0.4) is 0 Å². The predicted octanol–water partition coefficient (Wildman–Crippen LogP) is -0.103. The van der Waals surface area contributed by atoms with Crippen LogP contribution < -0.4 is 16.7 Å². The maximum absolute atomic E-state index is 12.0. The number of fused-ring (bicyclic) bond motifs is 1. The quantitative estimate of drug-likeness (QED) is 0.764. The van der Waals surface area contributed by atoms with Gasteiger partial charge in [-0.05, 0) is 19.8 Å². The molecule has 0 spiro atoms. The summed E-state index contributed by atoms with van der Waals surface area (Å²) < 4.78 is 2.70. The molecule has 2 aromatic heterocycles. The molecule has 18 heavy (non-hydrogen) atoms. The minimum Gasteiger partial charge on any atom is -0.309 e. The van der Waals surface area contributed by atoms with Gasteiger partial charge in [0.05, 0.1) is 10.8 Å². The molecule has 1 saturated carbocycles. The van der Waals surface area contributed by atoms with Gasteiger partial charge in [0.25, 0.3) is 16.7 Å². The number of rotatable bonds is 1. The van der Waals surface area contributed by atoms with E-state index >= 15 is 0 Å². The summed E-state index contributed by atoms with van der Waals surface area (Å²) in [4.78, 5) is 35.7. The molecule has 6 nitrogen and oxygen atoms in total. The van der Waals surface area contributed by atoms with Crippen LogP contribution in [0.4, 0.5) is 0 Å². The Balaban J connectivity index is 2.49. The Bertz CT molecular complexity index is 821. The van der Waals surface area contributed by atoms with Gasteiger partial charge < -0.3 is 4.57 Å². The van der Waals surface area contributed by atoms with Gasteiger partial charge in [0.2, 0.25) is 0 Å². The number of nitrogens with one attached hydrogen (secondary N) is 1. The van der Waals surface area contributed by atoms with Crippen molar-refractivity contribution in [1.29, 1.82) is 0 Å². The zero-order valence-corrected chi connectivity index (χ0v) is 10.2. The molecule has 1 N–H and O–H groups in total. The van der Waals surface area contributed by atoms with Gasteiger partial charge in [0.1, 0.15) is 0 Å². The molecule has 0 atom stereocenters. The molecule has 0 aromatic carbocycles. The lowest BCUT2D eigenvalue weighted by Crippen LogP contribution is -2.33. The highest BCUT2D eigenvalue weighted by Crippen LogP contribution is 2.41. The number of H-pyrrole nitrogens is 1. The average Bonchev–Trinajstić information content (AvgIpc) is 3.05. The van der Waals surface area contributed by atoms with Crippen LogP contribution in [-0.4, -0.2) is 14.3 Å². The first kappa shape index (κ1) is 11.0. The zero-order chi connectivity index (χ0) is 13.1. The maximum atomic E-state index is 12.0. The van der Waals surface area contributed by atoms with Crippen LogP contribution in [0.2, 0.25) is 0 Å². The fraction of sp³-hybridized carbons (Fsp3) is 0.417. The second kappa shape index (κ2) is 3.22. The van der Waals surface area contributed by atoms with Gasteiger partial charge in [-0.15, -0.1) is 0 Å². The monoisotopic (exact) mass is 247 g/mol. The van der Waals surface area contributed by atoms with E-state index in [2.05, 4.69) is 5.10 Å². The van der Waals surface area contributed by atoms with Crippen LogP contribution in [0.1, 0.15) is 19.8 Å². The molecule has 0 unspecified atom stereocenters. The first-order valence-corrected chi connectivity index (χ1v) is 5.79. The molecule has 0 amide bonds. The summed E-state index contributed by atoms with van der Waals surface area (Å²) in [5.74, 6) is 0. The fourth-order valence-corrected chi connectivity index (χ4v) is 2.18. The summed E-state index contributed by atoms with van der Waals surface area (Å²) >= 11 is 0. The van der Waals surface area contributed by atoms with Crippen LogP contribution >= 0.6 is 0 Å². The van der Waals surface area contributed by atoms with Crippen molar-refractivity contribution in [2.24, 2.45) is 7.05 Å². The summed E-state index contributed by atoms with van der Waals surface area (Å²) in [6, 6.07) is 1.25. The largest absolute Gasteiger partial charge is 0.309 e. The Kier molecular flexibility index (Phi) is 1.97. The Labute approximate surface area is 101 Å². The molecule has 2 aromatic rings. The maximum Gasteiger partial charge on any atom is 0.274 e. The smallest absolute Gasteiger partial charge is 0.274 e. The Hall–Kier alpha value is -2.11. The first-order chi connectivity index (χ1) is 8.42. The van der Waals surface area contributed by atoms with E-state index in [9.17, 15) is 14.4 Å². The number of aryl methyl sites for hydroxylation is 1. The molecule has 0 bridgehead atoms. The highest BCUT2D eigenvalue weighted by atomic mass is 16.2. The van der Waals surface area contributed by atoms with Gasteiger partial charge in [-0.25, -0.2) is 0 Å². The molecular formula is C12H13N3O3. The van der Waals surface area contributed by atoms with Gasteiger partial charge in [-0.2, -0.15) is 0 Å². The summed E-state index contributed by atoms with van der Waals surface area (Å²) in [6.45, 7) is 1.97. The number of aromatic amines is 1. The third kappa shape index (κ3) is 1.38. The molecule has 1 aliphatic rings. The van der Waals surface area contributed by atoms with Gasteiger partial charge in [0, 0.05) is 24.8 Å². The molecule has 94 valence electrons. The molecule has 1 fully saturated rings. The Morgan fingerprint density at radius 2 is 1.89 bits per heavy atom. The molecular weight excluding hydrogens is 234 g/mol. The van der Waals surface area contributed by atoms with E-state index in [1.807, 2.05) is 6.92 Å². The third-order valence-electron chi connectivity index (χ3n) is 3.66. The Morgan fingerprint density at radius 1 is 1.22 bits per heavy atom. The minimum atomic E-state index is -0.419. The summed E-state index contributed by atoms with van der Waals surface area (Å²) in [6.07, 6.45) is 3.35. The van der Waals surface area contributed by atoms with Crippen molar-refractivity contribution in [1.82, 2.24) is 14.3 Å². The van der Waals surface area contributed by atoms with Crippen molar-refractivity contribution < 1.29 is 0 Å². The number of nitrogens with zero attached hydrogens (tertiary/aromatic N) is 2. The number of pyridine rings is 1. The van der Waals surface area contributed by atoms with E-state index in [4.69, 9.17) is 0 Å². The van der Waals surface area contributed by atoms with Gasteiger partial charge >= 0.3 is 0 Å². The van der Waals surface area contributed by atoms with Crippen molar-refractivity contribution in [3.63, 3.8) is 0 Å². The fourth-order valence-electron chi connectivity index (χ4n) is 2.18.